The van der Waals surface area contributed by atoms with Gasteiger partial charge in [-0.2, -0.15) is 13.2 Å². The molecule has 3 aromatic rings. The Morgan fingerprint density at radius 2 is 0.829 bits per heavy atom. The molecular formula is C29H28F12. The number of hydrogen-bond acceptors (Lipinski definition) is 0. The Morgan fingerprint density at radius 1 is 0.463 bits per heavy atom. The van der Waals surface area contributed by atoms with Crippen LogP contribution in [0.2, 0.25) is 0 Å². The van der Waals surface area contributed by atoms with Crippen LogP contribution in [0.5, 0.6) is 0 Å². The van der Waals surface area contributed by atoms with Crippen molar-refractivity contribution in [1.29, 1.82) is 0 Å². The maximum absolute atomic E-state index is 13.4. The van der Waals surface area contributed by atoms with Crippen molar-refractivity contribution in [3.05, 3.63) is 104 Å². The molecule has 12 heteroatoms. The summed E-state index contributed by atoms with van der Waals surface area (Å²) in [5.41, 5.74) is -2.64. The second-order valence-corrected chi connectivity index (χ2v) is 9.85. The molecule has 41 heavy (non-hydrogen) atoms. The Hall–Kier alpha value is -3.18. The molecule has 0 bridgehead atoms. The van der Waals surface area contributed by atoms with E-state index in [1.54, 1.807) is 0 Å². The number of hydrogen-bond donors (Lipinski definition) is 0. The lowest BCUT2D eigenvalue weighted by atomic mass is 9.94. The number of rotatable bonds is 3. The summed E-state index contributed by atoms with van der Waals surface area (Å²) in [6, 6.07) is 6.63. The van der Waals surface area contributed by atoms with Crippen molar-refractivity contribution in [3.8, 4) is 0 Å². The van der Waals surface area contributed by atoms with Crippen LogP contribution in [0, 0.1) is 59.3 Å². The highest BCUT2D eigenvalue weighted by Crippen LogP contribution is 2.38. The lowest BCUT2D eigenvalue weighted by molar-refractivity contribution is -0.142. The fraction of sp³-hybridized carbons (Fsp3) is 0.379. The minimum Gasteiger partial charge on any atom is -0.207 e. The van der Waals surface area contributed by atoms with Crippen LogP contribution >= 0.6 is 0 Å². The van der Waals surface area contributed by atoms with E-state index in [2.05, 4.69) is 13.8 Å². The van der Waals surface area contributed by atoms with Gasteiger partial charge in [0.15, 0.2) is 34.9 Å². The Kier molecular flexibility index (Phi) is 12.4. The van der Waals surface area contributed by atoms with Gasteiger partial charge in [0.05, 0.1) is 0 Å². The van der Waals surface area contributed by atoms with Crippen LogP contribution in [-0.4, -0.2) is 0 Å². The minimum absolute atomic E-state index is 0.163. The maximum Gasteiger partial charge on any atom is 0.422 e. The molecular weight excluding hydrogens is 576 g/mol. The van der Waals surface area contributed by atoms with Gasteiger partial charge < -0.3 is 0 Å². The number of benzene rings is 3. The van der Waals surface area contributed by atoms with E-state index < -0.39 is 81.2 Å². The van der Waals surface area contributed by atoms with E-state index >= 15 is 0 Å². The summed E-state index contributed by atoms with van der Waals surface area (Å²) in [6.07, 6.45) is -5.25. The van der Waals surface area contributed by atoms with E-state index in [1.807, 2.05) is 12.1 Å². The molecule has 0 nitrogen and oxygen atoms in total. The third kappa shape index (κ3) is 8.42. The van der Waals surface area contributed by atoms with E-state index in [9.17, 15) is 52.7 Å². The summed E-state index contributed by atoms with van der Waals surface area (Å²) in [6.45, 7) is 10.8. The number of halogens is 12. The van der Waals surface area contributed by atoms with Gasteiger partial charge in [-0.25, -0.2) is 39.5 Å². The molecule has 0 aliphatic rings. The molecule has 3 rings (SSSR count). The average molecular weight is 605 g/mol. The van der Waals surface area contributed by atoms with Gasteiger partial charge >= 0.3 is 6.18 Å². The molecule has 0 aromatic heterocycles. The van der Waals surface area contributed by atoms with Crippen molar-refractivity contribution in [2.45, 2.75) is 72.4 Å². The Balaban J connectivity index is 0.000000318. The molecule has 0 unspecified atom stereocenters. The molecule has 0 aliphatic carbocycles. The van der Waals surface area contributed by atoms with Gasteiger partial charge in [0.1, 0.15) is 17.2 Å². The van der Waals surface area contributed by atoms with Crippen LogP contribution in [0.4, 0.5) is 52.7 Å². The number of alkyl halides is 3. The lowest BCUT2D eigenvalue weighted by Gasteiger charge is -2.17. The normalized spacial score (nSPS) is 11.5. The molecule has 228 valence electrons. The molecule has 0 N–H and O–H groups in total. The molecule has 0 heterocycles. The summed E-state index contributed by atoms with van der Waals surface area (Å²) in [5.74, 6) is -16.0. The van der Waals surface area contributed by atoms with Crippen LogP contribution < -0.4 is 0 Å². The Morgan fingerprint density at radius 3 is 1.17 bits per heavy atom. The van der Waals surface area contributed by atoms with E-state index in [-0.39, 0.29) is 11.4 Å². The summed E-state index contributed by atoms with van der Waals surface area (Å²) in [4.78, 5) is 0. The summed E-state index contributed by atoms with van der Waals surface area (Å²) in [5, 5.41) is 0. The van der Waals surface area contributed by atoms with Crippen molar-refractivity contribution >= 4 is 0 Å². The van der Waals surface area contributed by atoms with Crippen LogP contribution in [0.1, 0.15) is 87.1 Å². The first-order valence-electron chi connectivity index (χ1n) is 12.2. The Bertz CT molecular complexity index is 1280. The van der Waals surface area contributed by atoms with Crippen molar-refractivity contribution in [2.75, 3.05) is 0 Å². The minimum atomic E-state index is -5.25. The summed E-state index contributed by atoms with van der Waals surface area (Å²) < 4.78 is 153. The van der Waals surface area contributed by atoms with E-state index in [1.165, 1.54) is 45.4 Å². The molecule has 0 fully saturated rings. The van der Waals surface area contributed by atoms with Gasteiger partial charge in [-0.05, 0) is 53.5 Å². The smallest absolute Gasteiger partial charge is 0.207 e. The highest BCUT2D eigenvalue weighted by atomic mass is 19.4. The molecule has 0 spiro atoms. The summed E-state index contributed by atoms with van der Waals surface area (Å²) in [7, 11) is 0. The molecule has 0 radical (unpaired) electrons. The van der Waals surface area contributed by atoms with Crippen molar-refractivity contribution in [1.82, 2.24) is 0 Å². The van der Waals surface area contributed by atoms with E-state index in [0.29, 0.717) is 5.92 Å². The summed E-state index contributed by atoms with van der Waals surface area (Å²) >= 11 is 0. The first-order valence-corrected chi connectivity index (χ1v) is 12.2. The second-order valence-electron chi connectivity index (χ2n) is 9.85. The zero-order valence-corrected chi connectivity index (χ0v) is 23.1. The average Bonchev–Trinajstić information content (AvgIpc) is 2.85. The van der Waals surface area contributed by atoms with Gasteiger partial charge in [0, 0.05) is 5.56 Å². The van der Waals surface area contributed by atoms with E-state index in [4.69, 9.17) is 0 Å². The molecule has 0 atom stereocenters. The topological polar surface area (TPSA) is 0 Å². The quantitative estimate of drug-likeness (QED) is 0.159. The second kappa shape index (κ2) is 14.1. The molecule has 0 amide bonds. The lowest BCUT2D eigenvalue weighted by Crippen LogP contribution is -2.17. The monoisotopic (exact) mass is 604 g/mol. The van der Waals surface area contributed by atoms with Crippen LogP contribution in [0.25, 0.3) is 0 Å². The van der Waals surface area contributed by atoms with Crippen LogP contribution in [0.15, 0.2) is 24.3 Å². The van der Waals surface area contributed by atoms with Gasteiger partial charge in [-0.15, -0.1) is 0 Å². The molecule has 0 saturated heterocycles. The standard InChI is InChI=1S/C11H10F6.C9H7F5.C9H11F/c1-4(2)6-5(3)8(12)7(11(15,16)17)10(14)9(6)13;1-3(2)4-5(10)7(12)9(14)8(13)6(4)11;1-7(2)8-3-5-9(10)6-4-8/h4H,1-3H3;3H,1-2H3;3-7H,1-2H3. The SMILES string of the molecule is CC(C)c1c(F)c(F)c(F)c(F)c1F.CC(C)c1ccc(F)cc1.Cc1c(F)c(C(F)(F)F)c(F)c(F)c1C(C)C. The molecule has 0 saturated carbocycles. The van der Waals surface area contributed by atoms with E-state index in [0.717, 1.165) is 6.92 Å². The van der Waals surface area contributed by atoms with Crippen molar-refractivity contribution in [3.63, 3.8) is 0 Å². The third-order valence-corrected chi connectivity index (χ3v) is 5.82. The predicted molar refractivity (Wildman–Crippen MR) is 131 cm³/mol. The first kappa shape index (κ1) is 35.8. The van der Waals surface area contributed by atoms with Gasteiger partial charge in [-0.3, -0.25) is 0 Å². The molecule has 3 aromatic carbocycles. The highest BCUT2D eigenvalue weighted by molar-refractivity contribution is 5.38. The zero-order valence-electron chi connectivity index (χ0n) is 23.1. The van der Waals surface area contributed by atoms with Gasteiger partial charge in [0.2, 0.25) is 5.82 Å². The maximum atomic E-state index is 13.4. The van der Waals surface area contributed by atoms with Crippen molar-refractivity contribution in [2.24, 2.45) is 0 Å². The van der Waals surface area contributed by atoms with Crippen molar-refractivity contribution < 1.29 is 52.7 Å². The predicted octanol–water partition coefficient (Wildman–Crippen LogP) is 11.0. The fourth-order valence-corrected chi connectivity index (χ4v) is 3.71. The highest BCUT2D eigenvalue weighted by Gasteiger charge is 2.41. The zero-order chi connectivity index (χ0) is 32.1. The van der Waals surface area contributed by atoms with Crippen LogP contribution in [-0.2, 0) is 6.18 Å². The largest absolute Gasteiger partial charge is 0.422 e. The molecule has 0 aliphatic heterocycles. The Labute approximate surface area is 230 Å². The van der Waals surface area contributed by atoms with Crippen LogP contribution in [0.3, 0.4) is 0 Å². The van der Waals surface area contributed by atoms with Gasteiger partial charge in [0.25, 0.3) is 0 Å². The first-order chi connectivity index (χ1) is 18.7. The fourth-order valence-electron chi connectivity index (χ4n) is 3.71. The third-order valence-electron chi connectivity index (χ3n) is 5.82. The van der Waals surface area contributed by atoms with Gasteiger partial charge in [-0.1, -0.05) is 53.7 Å².